The van der Waals surface area contributed by atoms with E-state index in [0.717, 1.165) is 17.8 Å². The SMILES string of the molecule is CCc1cc2cnn(C3CC3)c2nc1C. The van der Waals surface area contributed by atoms with Crippen molar-refractivity contribution >= 4 is 11.0 Å². The molecule has 3 heteroatoms. The first-order valence-electron chi connectivity index (χ1n) is 5.63. The van der Waals surface area contributed by atoms with Gasteiger partial charge >= 0.3 is 0 Å². The van der Waals surface area contributed by atoms with E-state index in [2.05, 4.69) is 34.7 Å². The van der Waals surface area contributed by atoms with Crippen molar-refractivity contribution in [2.75, 3.05) is 0 Å². The average molecular weight is 201 g/mol. The Labute approximate surface area is 89.1 Å². The van der Waals surface area contributed by atoms with E-state index in [4.69, 9.17) is 0 Å². The minimum atomic E-state index is 0.613. The maximum atomic E-state index is 4.67. The smallest absolute Gasteiger partial charge is 0.158 e. The molecule has 3 nitrogen and oxygen atoms in total. The van der Waals surface area contributed by atoms with Crippen LogP contribution in [-0.2, 0) is 6.42 Å². The highest BCUT2D eigenvalue weighted by atomic mass is 15.3. The third kappa shape index (κ3) is 1.34. The number of nitrogens with zero attached hydrogens (tertiary/aromatic N) is 3. The van der Waals surface area contributed by atoms with Crippen LogP contribution >= 0.6 is 0 Å². The van der Waals surface area contributed by atoms with Crippen LogP contribution < -0.4 is 0 Å². The van der Waals surface area contributed by atoms with E-state index in [9.17, 15) is 0 Å². The predicted molar refractivity (Wildman–Crippen MR) is 59.9 cm³/mol. The lowest BCUT2D eigenvalue weighted by molar-refractivity contribution is 0.657. The van der Waals surface area contributed by atoms with Crippen LogP contribution in [0.5, 0.6) is 0 Å². The maximum absolute atomic E-state index is 4.67. The van der Waals surface area contributed by atoms with Gasteiger partial charge in [-0.25, -0.2) is 9.67 Å². The summed E-state index contributed by atoms with van der Waals surface area (Å²) in [7, 11) is 0. The zero-order valence-corrected chi connectivity index (χ0v) is 9.20. The maximum Gasteiger partial charge on any atom is 0.158 e. The second-order valence-electron chi connectivity index (χ2n) is 4.32. The number of aryl methyl sites for hydroxylation is 2. The van der Waals surface area contributed by atoms with Crippen LogP contribution in [0.3, 0.4) is 0 Å². The molecule has 0 spiro atoms. The average Bonchev–Trinajstić information content (AvgIpc) is 2.99. The lowest BCUT2D eigenvalue weighted by Gasteiger charge is -2.04. The fourth-order valence-electron chi connectivity index (χ4n) is 2.05. The molecule has 0 bridgehead atoms. The van der Waals surface area contributed by atoms with E-state index >= 15 is 0 Å². The lowest BCUT2D eigenvalue weighted by Crippen LogP contribution is -1.99. The van der Waals surface area contributed by atoms with Crippen LogP contribution in [-0.4, -0.2) is 14.8 Å². The van der Waals surface area contributed by atoms with E-state index in [1.807, 2.05) is 6.20 Å². The van der Waals surface area contributed by atoms with Crippen molar-refractivity contribution < 1.29 is 0 Å². The second-order valence-corrected chi connectivity index (χ2v) is 4.32. The van der Waals surface area contributed by atoms with Crippen molar-refractivity contribution in [1.82, 2.24) is 14.8 Å². The molecule has 0 radical (unpaired) electrons. The van der Waals surface area contributed by atoms with Gasteiger partial charge in [-0.2, -0.15) is 5.10 Å². The molecule has 1 aliphatic rings. The highest BCUT2D eigenvalue weighted by Crippen LogP contribution is 2.36. The van der Waals surface area contributed by atoms with Gasteiger partial charge in [0.25, 0.3) is 0 Å². The Balaban J connectivity index is 2.22. The number of pyridine rings is 1. The van der Waals surface area contributed by atoms with Gasteiger partial charge in [0.15, 0.2) is 5.65 Å². The molecule has 1 aliphatic carbocycles. The summed E-state index contributed by atoms with van der Waals surface area (Å²) in [5.74, 6) is 0. The summed E-state index contributed by atoms with van der Waals surface area (Å²) in [5.41, 5.74) is 3.54. The van der Waals surface area contributed by atoms with Crippen molar-refractivity contribution in [3.8, 4) is 0 Å². The Morgan fingerprint density at radius 3 is 2.93 bits per heavy atom. The fourth-order valence-corrected chi connectivity index (χ4v) is 2.05. The lowest BCUT2D eigenvalue weighted by atomic mass is 10.1. The summed E-state index contributed by atoms with van der Waals surface area (Å²) in [6.07, 6.45) is 5.50. The van der Waals surface area contributed by atoms with E-state index in [1.54, 1.807) is 0 Å². The number of hydrogen-bond donors (Lipinski definition) is 0. The monoisotopic (exact) mass is 201 g/mol. The summed E-state index contributed by atoms with van der Waals surface area (Å²) in [6, 6.07) is 2.84. The van der Waals surface area contributed by atoms with Crippen LogP contribution in [0, 0.1) is 6.92 Å². The molecule has 15 heavy (non-hydrogen) atoms. The Morgan fingerprint density at radius 1 is 1.47 bits per heavy atom. The molecule has 0 amide bonds. The molecular weight excluding hydrogens is 186 g/mol. The molecule has 0 saturated heterocycles. The van der Waals surface area contributed by atoms with Gasteiger partial charge in [0.1, 0.15) is 0 Å². The third-order valence-corrected chi connectivity index (χ3v) is 3.14. The van der Waals surface area contributed by atoms with E-state index < -0.39 is 0 Å². The largest absolute Gasteiger partial charge is 0.244 e. The molecule has 0 atom stereocenters. The van der Waals surface area contributed by atoms with Gasteiger partial charge in [0, 0.05) is 11.1 Å². The minimum Gasteiger partial charge on any atom is -0.244 e. The van der Waals surface area contributed by atoms with Crippen LogP contribution in [0.15, 0.2) is 12.3 Å². The fraction of sp³-hybridized carbons (Fsp3) is 0.500. The van der Waals surface area contributed by atoms with Gasteiger partial charge in [0.05, 0.1) is 12.2 Å². The van der Waals surface area contributed by atoms with Crippen molar-refractivity contribution in [2.24, 2.45) is 0 Å². The summed E-state index contributed by atoms with van der Waals surface area (Å²) in [4.78, 5) is 4.67. The molecule has 0 N–H and O–H groups in total. The molecule has 2 aromatic heterocycles. The number of hydrogen-bond acceptors (Lipinski definition) is 2. The quantitative estimate of drug-likeness (QED) is 0.747. The Hall–Kier alpha value is -1.38. The third-order valence-electron chi connectivity index (χ3n) is 3.14. The van der Waals surface area contributed by atoms with Crippen molar-refractivity contribution in [3.05, 3.63) is 23.5 Å². The van der Waals surface area contributed by atoms with Crippen LogP contribution in [0.2, 0.25) is 0 Å². The summed E-state index contributed by atoms with van der Waals surface area (Å²) < 4.78 is 2.09. The zero-order valence-electron chi connectivity index (χ0n) is 9.20. The van der Waals surface area contributed by atoms with Gasteiger partial charge < -0.3 is 0 Å². The van der Waals surface area contributed by atoms with Crippen molar-refractivity contribution in [1.29, 1.82) is 0 Å². The van der Waals surface area contributed by atoms with Crippen LogP contribution in [0.1, 0.15) is 37.1 Å². The van der Waals surface area contributed by atoms with Crippen molar-refractivity contribution in [2.45, 2.75) is 39.2 Å². The highest BCUT2D eigenvalue weighted by molar-refractivity contribution is 5.76. The van der Waals surface area contributed by atoms with E-state index in [0.29, 0.717) is 6.04 Å². The molecule has 78 valence electrons. The molecule has 0 aromatic carbocycles. The topological polar surface area (TPSA) is 30.7 Å². The summed E-state index contributed by atoms with van der Waals surface area (Å²) >= 11 is 0. The molecule has 2 aromatic rings. The molecule has 3 rings (SSSR count). The standard InChI is InChI=1S/C12H15N3/c1-3-9-6-10-7-13-15(11-4-5-11)12(10)14-8(9)2/h6-7,11H,3-5H2,1-2H3. The second kappa shape index (κ2) is 3.05. The Kier molecular flexibility index (Phi) is 1.81. The Morgan fingerprint density at radius 2 is 2.27 bits per heavy atom. The summed E-state index contributed by atoms with van der Waals surface area (Å²) in [6.45, 7) is 4.25. The van der Waals surface area contributed by atoms with Crippen molar-refractivity contribution in [3.63, 3.8) is 0 Å². The number of rotatable bonds is 2. The first-order valence-corrected chi connectivity index (χ1v) is 5.63. The van der Waals surface area contributed by atoms with E-state index in [-0.39, 0.29) is 0 Å². The van der Waals surface area contributed by atoms with Gasteiger partial charge in [0.2, 0.25) is 0 Å². The van der Waals surface area contributed by atoms with Crippen LogP contribution in [0.4, 0.5) is 0 Å². The normalized spacial score (nSPS) is 16.1. The van der Waals surface area contributed by atoms with Gasteiger partial charge in [-0.15, -0.1) is 0 Å². The number of fused-ring (bicyclic) bond motifs is 1. The first-order chi connectivity index (χ1) is 7.29. The molecular formula is C12H15N3. The molecule has 0 unspecified atom stereocenters. The van der Waals surface area contributed by atoms with E-state index in [1.165, 1.54) is 23.8 Å². The molecule has 1 saturated carbocycles. The first kappa shape index (κ1) is 8.89. The number of aromatic nitrogens is 3. The molecule has 1 fully saturated rings. The van der Waals surface area contributed by atoms with Gasteiger partial charge in [-0.05, 0) is 37.8 Å². The highest BCUT2D eigenvalue weighted by Gasteiger charge is 2.26. The molecule has 0 aliphatic heterocycles. The van der Waals surface area contributed by atoms with Gasteiger partial charge in [-0.3, -0.25) is 0 Å². The minimum absolute atomic E-state index is 0.613. The predicted octanol–water partition coefficient (Wildman–Crippen LogP) is 2.64. The Bertz CT molecular complexity index is 509. The van der Waals surface area contributed by atoms with Gasteiger partial charge in [-0.1, -0.05) is 6.92 Å². The molecule has 2 heterocycles. The summed E-state index contributed by atoms with van der Waals surface area (Å²) in [5, 5.41) is 5.61. The van der Waals surface area contributed by atoms with Crippen LogP contribution in [0.25, 0.3) is 11.0 Å². The zero-order chi connectivity index (χ0) is 10.4.